The number of benzene rings is 1. The standard InChI is InChI=1S/C30H38F3N9O4/c1-20-24(42-19-23(37-38-42)29(45)34-7-3-9-40-13-15-46-16-14-40)5-6-25(41-10-4-8-39(2)11-12-41)27(20)36-28(44)21-18-35-26(43)17-22(21)30(31,32)33/h5-6,17-19H,3-4,7-16H2,1-2H3,(H,34,45)(H,35,43)(H,36,44). The number of carbonyl (C=O) groups excluding carboxylic acids is 2. The van der Waals surface area contributed by atoms with Gasteiger partial charge in [0.05, 0.1) is 47.6 Å². The molecule has 248 valence electrons. The highest BCUT2D eigenvalue weighted by Gasteiger charge is 2.36. The maximum Gasteiger partial charge on any atom is 0.417 e. The lowest BCUT2D eigenvalue weighted by Crippen LogP contribution is -2.38. The van der Waals surface area contributed by atoms with Gasteiger partial charge in [-0.3, -0.25) is 19.3 Å². The molecule has 3 N–H and O–H groups in total. The van der Waals surface area contributed by atoms with E-state index >= 15 is 0 Å². The Kier molecular flexibility index (Phi) is 10.4. The van der Waals surface area contributed by atoms with Crippen molar-refractivity contribution >= 4 is 23.2 Å². The number of carbonyl (C=O) groups is 2. The number of amides is 2. The van der Waals surface area contributed by atoms with E-state index in [4.69, 9.17) is 4.74 Å². The Morgan fingerprint density at radius 1 is 1.04 bits per heavy atom. The van der Waals surface area contributed by atoms with E-state index in [0.717, 1.165) is 51.8 Å². The number of alkyl halides is 3. The highest BCUT2D eigenvalue weighted by molar-refractivity contribution is 6.07. The summed E-state index contributed by atoms with van der Waals surface area (Å²) in [5, 5.41) is 13.7. The molecule has 13 nitrogen and oxygen atoms in total. The molecule has 2 aromatic heterocycles. The summed E-state index contributed by atoms with van der Waals surface area (Å²) >= 11 is 0. The molecule has 0 unspecified atom stereocenters. The number of hydrogen-bond acceptors (Lipinski definition) is 9. The lowest BCUT2D eigenvalue weighted by Gasteiger charge is -2.27. The van der Waals surface area contributed by atoms with Gasteiger partial charge in [0.2, 0.25) is 5.56 Å². The number of anilines is 2. The Balaban J connectivity index is 1.40. The first-order chi connectivity index (χ1) is 22.0. The molecule has 2 amide bonds. The van der Waals surface area contributed by atoms with Gasteiger partial charge in [0.1, 0.15) is 0 Å². The molecule has 16 heteroatoms. The maximum atomic E-state index is 13.8. The van der Waals surface area contributed by atoms with Crippen LogP contribution in [0.1, 0.15) is 44.8 Å². The summed E-state index contributed by atoms with van der Waals surface area (Å²) in [6, 6.07) is 3.91. The fourth-order valence-electron chi connectivity index (χ4n) is 5.62. The Morgan fingerprint density at radius 3 is 2.57 bits per heavy atom. The number of aromatic nitrogens is 4. The molecule has 4 heterocycles. The van der Waals surface area contributed by atoms with Crippen molar-refractivity contribution in [3.05, 3.63) is 63.3 Å². The zero-order valence-corrected chi connectivity index (χ0v) is 25.8. The first-order valence-electron chi connectivity index (χ1n) is 15.2. The zero-order chi connectivity index (χ0) is 32.8. The number of aromatic amines is 1. The summed E-state index contributed by atoms with van der Waals surface area (Å²) < 4.78 is 48.1. The molecule has 0 saturated carbocycles. The van der Waals surface area contributed by atoms with E-state index < -0.39 is 28.8 Å². The molecule has 2 aliphatic heterocycles. The van der Waals surface area contributed by atoms with E-state index in [2.05, 4.69) is 40.6 Å². The predicted octanol–water partition coefficient (Wildman–Crippen LogP) is 2.13. The molecule has 0 atom stereocenters. The van der Waals surface area contributed by atoms with Crippen LogP contribution in [0.5, 0.6) is 0 Å². The van der Waals surface area contributed by atoms with Gasteiger partial charge in [-0.15, -0.1) is 5.10 Å². The summed E-state index contributed by atoms with van der Waals surface area (Å²) in [4.78, 5) is 46.6. The average Bonchev–Trinajstić information content (AvgIpc) is 3.42. The molecule has 2 aliphatic rings. The molecule has 1 aromatic carbocycles. The van der Waals surface area contributed by atoms with Gasteiger partial charge in [-0.05, 0) is 52.0 Å². The fourth-order valence-corrected chi connectivity index (χ4v) is 5.62. The van der Waals surface area contributed by atoms with Crippen LogP contribution in [0, 0.1) is 6.92 Å². The number of nitrogens with zero attached hydrogens (tertiary/aromatic N) is 6. The molecule has 3 aromatic rings. The molecule has 0 radical (unpaired) electrons. The highest BCUT2D eigenvalue weighted by Crippen LogP contribution is 2.36. The Hall–Kier alpha value is -4.28. The van der Waals surface area contributed by atoms with Crippen molar-refractivity contribution < 1.29 is 27.5 Å². The highest BCUT2D eigenvalue weighted by atomic mass is 19.4. The van der Waals surface area contributed by atoms with Crippen molar-refractivity contribution in [3.63, 3.8) is 0 Å². The van der Waals surface area contributed by atoms with Crippen molar-refractivity contribution in [1.82, 2.24) is 35.1 Å². The quantitative estimate of drug-likeness (QED) is 0.299. The minimum atomic E-state index is -4.92. The molecule has 46 heavy (non-hydrogen) atoms. The number of likely N-dealkylation sites (N-methyl/N-ethyl adjacent to an activating group) is 1. The topological polar surface area (TPSA) is 141 Å². The van der Waals surface area contributed by atoms with Crippen LogP contribution < -0.4 is 21.1 Å². The molecule has 0 bridgehead atoms. The van der Waals surface area contributed by atoms with Gasteiger partial charge in [0, 0.05) is 57.1 Å². The number of pyridine rings is 1. The second kappa shape index (κ2) is 14.4. The number of hydrogen-bond donors (Lipinski definition) is 3. The van der Waals surface area contributed by atoms with Crippen LogP contribution in [-0.2, 0) is 10.9 Å². The van der Waals surface area contributed by atoms with Crippen LogP contribution in [-0.4, -0.2) is 114 Å². The normalized spacial score (nSPS) is 16.7. The Labute approximate surface area is 263 Å². The smallest absolute Gasteiger partial charge is 0.379 e. The lowest BCUT2D eigenvalue weighted by molar-refractivity contribution is -0.138. The fraction of sp³-hybridized carbons (Fsp3) is 0.500. The van der Waals surface area contributed by atoms with Gasteiger partial charge in [0.15, 0.2) is 5.69 Å². The van der Waals surface area contributed by atoms with Crippen LogP contribution in [0.2, 0.25) is 0 Å². The van der Waals surface area contributed by atoms with Crippen LogP contribution in [0.3, 0.4) is 0 Å². The molecular formula is C30H38F3N9O4. The molecular weight excluding hydrogens is 607 g/mol. The second-order valence-corrected chi connectivity index (χ2v) is 11.4. The van der Waals surface area contributed by atoms with Crippen LogP contribution in [0.4, 0.5) is 24.5 Å². The van der Waals surface area contributed by atoms with Crippen molar-refractivity contribution in [2.45, 2.75) is 25.9 Å². The van der Waals surface area contributed by atoms with Crippen molar-refractivity contribution in [2.75, 3.05) is 82.8 Å². The molecule has 2 fully saturated rings. The average molecular weight is 646 g/mol. The van der Waals surface area contributed by atoms with Crippen LogP contribution in [0.15, 0.2) is 35.4 Å². The lowest BCUT2D eigenvalue weighted by atomic mass is 10.1. The van der Waals surface area contributed by atoms with E-state index in [1.165, 1.54) is 10.9 Å². The van der Waals surface area contributed by atoms with E-state index in [9.17, 15) is 27.6 Å². The van der Waals surface area contributed by atoms with E-state index in [0.29, 0.717) is 55.9 Å². The van der Waals surface area contributed by atoms with Crippen molar-refractivity contribution in [2.24, 2.45) is 0 Å². The summed E-state index contributed by atoms with van der Waals surface area (Å²) in [6.07, 6.45) is -1.08. The largest absolute Gasteiger partial charge is 0.417 e. The predicted molar refractivity (Wildman–Crippen MR) is 165 cm³/mol. The SMILES string of the molecule is Cc1c(-n2cc(C(=O)NCCCN3CCOCC3)nn2)ccc(N2CCCN(C)CC2)c1NC(=O)c1c[nH]c(=O)cc1C(F)(F)F. The van der Waals surface area contributed by atoms with Gasteiger partial charge in [-0.2, -0.15) is 13.2 Å². The number of nitrogens with one attached hydrogen (secondary N) is 3. The minimum absolute atomic E-state index is 0.0963. The van der Waals surface area contributed by atoms with Gasteiger partial charge < -0.3 is 30.2 Å². The monoisotopic (exact) mass is 645 g/mol. The number of H-pyrrole nitrogens is 1. The zero-order valence-electron chi connectivity index (χ0n) is 25.8. The second-order valence-electron chi connectivity index (χ2n) is 11.4. The Morgan fingerprint density at radius 2 is 1.80 bits per heavy atom. The number of morpholine rings is 1. The molecule has 0 spiro atoms. The number of ether oxygens (including phenoxy) is 1. The van der Waals surface area contributed by atoms with Gasteiger partial charge in [-0.1, -0.05) is 5.21 Å². The summed E-state index contributed by atoms with van der Waals surface area (Å²) in [5.41, 5.74) is -1.04. The summed E-state index contributed by atoms with van der Waals surface area (Å²) in [6.45, 7) is 9.08. The van der Waals surface area contributed by atoms with E-state index in [1.54, 1.807) is 19.1 Å². The Bertz CT molecular complexity index is 1600. The first-order valence-corrected chi connectivity index (χ1v) is 15.2. The van der Waals surface area contributed by atoms with Gasteiger partial charge >= 0.3 is 6.18 Å². The van der Waals surface area contributed by atoms with Crippen LogP contribution in [0.25, 0.3) is 5.69 Å². The van der Waals surface area contributed by atoms with E-state index in [1.807, 2.05) is 7.05 Å². The molecule has 2 saturated heterocycles. The third-order valence-corrected chi connectivity index (χ3v) is 8.20. The molecule has 0 aliphatic carbocycles. The van der Waals surface area contributed by atoms with Gasteiger partial charge in [0.25, 0.3) is 11.8 Å². The van der Waals surface area contributed by atoms with Crippen molar-refractivity contribution in [3.8, 4) is 5.69 Å². The maximum absolute atomic E-state index is 13.8. The first kappa shape index (κ1) is 33.1. The van der Waals surface area contributed by atoms with E-state index in [-0.39, 0.29) is 17.3 Å². The van der Waals surface area contributed by atoms with Crippen LogP contribution >= 0.6 is 0 Å². The minimum Gasteiger partial charge on any atom is -0.379 e. The number of rotatable bonds is 9. The third kappa shape index (κ3) is 7.92. The third-order valence-electron chi connectivity index (χ3n) is 8.20. The summed E-state index contributed by atoms with van der Waals surface area (Å²) in [7, 11) is 2.01. The summed E-state index contributed by atoms with van der Waals surface area (Å²) in [5.74, 6) is -1.42. The number of halogens is 3. The molecule has 5 rings (SSSR count). The van der Waals surface area contributed by atoms with Crippen molar-refractivity contribution in [1.29, 1.82) is 0 Å². The van der Waals surface area contributed by atoms with Gasteiger partial charge in [-0.25, -0.2) is 4.68 Å².